The molecule has 7 nitrogen and oxygen atoms in total. The van der Waals surface area contributed by atoms with Gasteiger partial charge in [-0.15, -0.1) is 11.8 Å². The fourth-order valence-corrected chi connectivity index (χ4v) is 7.45. The van der Waals surface area contributed by atoms with Crippen molar-refractivity contribution in [3.8, 4) is 0 Å². The molecule has 3 saturated heterocycles. The Morgan fingerprint density at radius 3 is 2.78 bits per heavy atom. The van der Waals surface area contributed by atoms with Crippen molar-refractivity contribution in [2.24, 2.45) is 11.8 Å². The molecule has 3 aliphatic rings. The van der Waals surface area contributed by atoms with Gasteiger partial charge in [0.1, 0.15) is 6.04 Å². The molecule has 0 aliphatic carbocycles. The normalized spacial score (nSPS) is 35.3. The minimum atomic E-state index is -0.564. The summed E-state index contributed by atoms with van der Waals surface area (Å²) in [6.07, 6.45) is 3.93. The molecule has 3 fully saturated rings. The van der Waals surface area contributed by atoms with Crippen LogP contribution < -0.4 is 10.6 Å². The van der Waals surface area contributed by atoms with Crippen LogP contribution in [0.5, 0.6) is 0 Å². The van der Waals surface area contributed by atoms with E-state index in [0.717, 1.165) is 25.7 Å². The van der Waals surface area contributed by atoms with Gasteiger partial charge in [0.05, 0.1) is 16.6 Å². The van der Waals surface area contributed by atoms with Crippen LogP contribution in [0.2, 0.25) is 0 Å². The van der Waals surface area contributed by atoms with Crippen LogP contribution in [-0.4, -0.2) is 70.0 Å². The molecule has 27 heavy (non-hydrogen) atoms. The number of aliphatic hydroxyl groups excluding tert-OH is 1. The zero-order chi connectivity index (χ0) is 19.8. The van der Waals surface area contributed by atoms with Crippen molar-refractivity contribution in [2.45, 2.75) is 68.0 Å². The molecular formula is C19H31N3O4S. The quantitative estimate of drug-likeness (QED) is 0.554. The van der Waals surface area contributed by atoms with E-state index in [2.05, 4.69) is 17.6 Å². The number of thioether (sulfide) groups is 1. The number of fused-ring (bicyclic) bond motifs is 1. The van der Waals surface area contributed by atoms with E-state index in [9.17, 15) is 19.5 Å². The van der Waals surface area contributed by atoms with Gasteiger partial charge in [0, 0.05) is 31.5 Å². The van der Waals surface area contributed by atoms with Crippen molar-refractivity contribution in [1.82, 2.24) is 15.5 Å². The van der Waals surface area contributed by atoms with Gasteiger partial charge in [-0.1, -0.05) is 13.3 Å². The number of aliphatic hydroxyl groups is 1. The molecule has 6 atom stereocenters. The van der Waals surface area contributed by atoms with E-state index in [1.807, 2.05) is 6.92 Å². The SMILES string of the molecule is CCCC(C)NC(=O)C1N(CCCO)C(=O)[C@@H]2[C@H](C(=O)NC)[C@@H]3CCC12S3. The number of carbonyl (C=O) groups excluding carboxylic acids is 3. The second-order valence-electron chi connectivity index (χ2n) is 7.98. The van der Waals surface area contributed by atoms with Gasteiger partial charge >= 0.3 is 0 Å². The predicted molar refractivity (Wildman–Crippen MR) is 104 cm³/mol. The van der Waals surface area contributed by atoms with Crippen LogP contribution >= 0.6 is 11.8 Å². The van der Waals surface area contributed by atoms with Crippen LogP contribution in [0.4, 0.5) is 0 Å². The second kappa shape index (κ2) is 7.99. The molecule has 3 aliphatic heterocycles. The minimum absolute atomic E-state index is 0.0311. The number of rotatable bonds is 8. The molecular weight excluding hydrogens is 366 g/mol. The third-order valence-corrected chi connectivity index (χ3v) is 8.22. The number of nitrogens with one attached hydrogen (secondary N) is 2. The first-order valence-electron chi connectivity index (χ1n) is 10.0. The summed E-state index contributed by atoms with van der Waals surface area (Å²) in [6.45, 7) is 4.38. The van der Waals surface area contributed by atoms with Crippen LogP contribution in [0.3, 0.4) is 0 Å². The summed E-state index contributed by atoms with van der Waals surface area (Å²) < 4.78 is -0.523. The van der Waals surface area contributed by atoms with Gasteiger partial charge in [0.15, 0.2) is 0 Å². The minimum Gasteiger partial charge on any atom is -0.396 e. The van der Waals surface area contributed by atoms with Crippen LogP contribution in [-0.2, 0) is 14.4 Å². The number of likely N-dealkylation sites (tertiary alicyclic amines) is 1. The molecule has 0 aromatic carbocycles. The summed E-state index contributed by atoms with van der Waals surface area (Å²) in [7, 11) is 1.60. The summed E-state index contributed by atoms with van der Waals surface area (Å²) in [5.41, 5.74) is 0. The molecule has 0 saturated carbocycles. The molecule has 152 valence electrons. The van der Waals surface area contributed by atoms with E-state index < -0.39 is 16.7 Å². The molecule has 3 rings (SSSR count). The number of hydrogen-bond donors (Lipinski definition) is 3. The fourth-order valence-electron chi connectivity index (χ4n) is 5.23. The van der Waals surface area contributed by atoms with Crippen molar-refractivity contribution < 1.29 is 19.5 Å². The molecule has 0 aromatic heterocycles. The van der Waals surface area contributed by atoms with Gasteiger partial charge in [0.2, 0.25) is 17.7 Å². The second-order valence-corrected chi connectivity index (χ2v) is 9.58. The van der Waals surface area contributed by atoms with E-state index >= 15 is 0 Å². The predicted octanol–water partition coefficient (Wildman–Crippen LogP) is 0.511. The number of amides is 3. The Morgan fingerprint density at radius 1 is 1.41 bits per heavy atom. The molecule has 3 unspecified atom stereocenters. The topological polar surface area (TPSA) is 98.7 Å². The largest absolute Gasteiger partial charge is 0.396 e. The molecule has 0 radical (unpaired) electrons. The fraction of sp³-hybridized carbons (Fsp3) is 0.842. The number of nitrogens with zero attached hydrogens (tertiary/aromatic N) is 1. The van der Waals surface area contributed by atoms with Crippen LogP contribution in [0, 0.1) is 11.8 Å². The van der Waals surface area contributed by atoms with E-state index in [4.69, 9.17) is 0 Å². The van der Waals surface area contributed by atoms with E-state index in [1.54, 1.807) is 23.7 Å². The summed E-state index contributed by atoms with van der Waals surface area (Å²) in [5, 5.41) is 15.2. The monoisotopic (exact) mass is 397 g/mol. The van der Waals surface area contributed by atoms with E-state index in [0.29, 0.717) is 13.0 Å². The lowest BCUT2D eigenvalue weighted by Crippen LogP contribution is -2.55. The molecule has 0 aromatic rings. The number of carbonyl (C=O) groups is 3. The van der Waals surface area contributed by atoms with Crippen LogP contribution in [0.1, 0.15) is 46.0 Å². The van der Waals surface area contributed by atoms with Crippen molar-refractivity contribution in [3.63, 3.8) is 0 Å². The lowest BCUT2D eigenvalue weighted by atomic mass is 9.70. The Bertz CT molecular complexity index is 616. The first-order valence-corrected chi connectivity index (χ1v) is 10.9. The lowest BCUT2D eigenvalue weighted by Gasteiger charge is -2.34. The Balaban J connectivity index is 1.93. The zero-order valence-electron chi connectivity index (χ0n) is 16.4. The summed E-state index contributed by atoms with van der Waals surface area (Å²) >= 11 is 1.67. The molecule has 3 heterocycles. The van der Waals surface area contributed by atoms with Crippen molar-refractivity contribution >= 4 is 29.5 Å². The third kappa shape index (κ3) is 3.24. The average molecular weight is 398 g/mol. The zero-order valence-corrected chi connectivity index (χ0v) is 17.2. The van der Waals surface area contributed by atoms with E-state index in [1.165, 1.54) is 0 Å². The highest BCUT2D eigenvalue weighted by molar-refractivity contribution is 8.02. The van der Waals surface area contributed by atoms with Crippen LogP contribution in [0.25, 0.3) is 0 Å². The highest BCUT2D eigenvalue weighted by Gasteiger charge is 2.73. The average Bonchev–Trinajstić information content (AvgIpc) is 3.26. The molecule has 2 bridgehead atoms. The smallest absolute Gasteiger partial charge is 0.244 e. The standard InChI is InChI=1S/C19H31N3O4S/c1-4-6-11(2)21-17(25)15-19-8-7-12(27-19)13(16(24)20-3)14(19)18(26)22(15)9-5-10-23/h11-15,23H,4-10H2,1-3H3,(H,20,24)(H,21,25)/t11?,12-,13+,14-,15?,19?/m0/s1. The van der Waals surface area contributed by atoms with Gasteiger partial charge in [0.25, 0.3) is 0 Å². The Hall–Kier alpha value is -1.28. The highest BCUT2D eigenvalue weighted by Crippen LogP contribution is 2.66. The maximum Gasteiger partial charge on any atom is 0.244 e. The molecule has 1 spiro atoms. The van der Waals surface area contributed by atoms with Gasteiger partial charge in [-0.25, -0.2) is 0 Å². The van der Waals surface area contributed by atoms with Gasteiger partial charge in [-0.2, -0.15) is 0 Å². The maximum absolute atomic E-state index is 13.3. The lowest BCUT2D eigenvalue weighted by molar-refractivity contribution is -0.140. The molecule has 3 N–H and O–H groups in total. The summed E-state index contributed by atoms with van der Waals surface area (Å²) in [5.74, 6) is -1.14. The van der Waals surface area contributed by atoms with Crippen molar-refractivity contribution in [2.75, 3.05) is 20.2 Å². The van der Waals surface area contributed by atoms with Crippen molar-refractivity contribution in [1.29, 1.82) is 0 Å². The van der Waals surface area contributed by atoms with Crippen molar-refractivity contribution in [3.05, 3.63) is 0 Å². The first-order chi connectivity index (χ1) is 12.9. The van der Waals surface area contributed by atoms with Gasteiger partial charge in [-0.3, -0.25) is 14.4 Å². The highest BCUT2D eigenvalue weighted by atomic mass is 32.2. The Kier molecular flexibility index (Phi) is 6.05. The Labute approximate surface area is 165 Å². The Morgan fingerprint density at radius 2 is 2.15 bits per heavy atom. The van der Waals surface area contributed by atoms with Gasteiger partial charge < -0.3 is 20.6 Å². The number of hydrogen-bond acceptors (Lipinski definition) is 5. The van der Waals surface area contributed by atoms with Gasteiger partial charge in [-0.05, 0) is 32.6 Å². The summed E-state index contributed by atoms with van der Waals surface area (Å²) in [6, 6.07) is -0.517. The third-order valence-electron chi connectivity index (χ3n) is 6.27. The van der Waals surface area contributed by atoms with E-state index in [-0.39, 0.29) is 41.5 Å². The molecule has 3 amide bonds. The summed E-state index contributed by atoms with van der Waals surface area (Å²) in [4.78, 5) is 40.7. The first kappa shape index (κ1) is 20.5. The molecule has 8 heteroatoms. The van der Waals surface area contributed by atoms with Crippen LogP contribution in [0.15, 0.2) is 0 Å². The maximum atomic E-state index is 13.3.